The summed E-state index contributed by atoms with van der Waals surface area (Å²) >= 11 is 0. The molecule has 6 heterocycles. The summed E-state index contributed by atoms with van der Waals surface area (Å²) in [6.45, 7) is 3.92. The third-order valence-electron chi connectivity index (χ3n) is 6.80. The van der Waals surface area contributed by atoms with Gasteiger partial charge in [0.1, 0.15) is 5.52 Å². The van der Waals surface area contributed by atoms with Gasteiger partial charge >= 0.3 is 5.97 Å². The molecule has 9 nitrogen and oxygen atoms in total. The minimum atomic E-state index is -0.915. The average Bonchev–Trinajstić information content (AvgIpc) is 3.31. The van der Waals surface area contributed by atoms with Crippen LogP contribution in [-0.2, 0) is 29.2 Å². The van der Waals surface area contributed by atoms with E-state index in [1.807, 2.05) is 66.2 Å². The van der Waals surface area contributed by atoms with Crippen LogP contribution in [0.4, 0.5) is 0 Å². The first-order valence-electron chi connectivity index (χ1n) is 12.3. The lowest BCUT2D eigenvalue weighted by Gasteiger charge is -2.20. The highest BCUT2D eigenvalue weighted by molar-refractivity contribution is 5.94. The van der Waals surface area contributed by atoms with Crippen LogP contribution in [0.3, 0.4) is 0 Å². The van der Waals surface area contributed by atoms with E-state index >= 15 is 0 Å². The summed E-state index contributed by atoms with van der Waals surface area (Å²) in [4.78, 5) is 31.3. The second kappa shape index (κ2) is 10.5. The summed E-state index contributed by atoms with van der Waals surface area (Å²) in [6.07, 6.45) is 0.647. The Morgan fingerprint density at radius 1 is 1.14 bits per heavy atom. The van der Waals surface area contributed by atoms with Crippen LogP contribution in [0.25, 0.3) is 11.0 Å². The number of carbonyl (C=O) groups excluding carboxylic acids is 1. The molecule has 8 bridgehead atoms. The third-order valence-corrected chi connectivity index (χ3v) is 6.80. The molecule has 0 saturated carbocycles. The van der Waals surface area contributed by atoms with Gasteiger partial charge < -0.3 is 14.7 Å². The van der Waals surface area contributed by atoms with Crippen molar-refractivity contribution in [1.29, 1.82) is 0 Å². The van der Waals surface area contributed by atoms with Crippen molar-refractivity contribution < 1.29 is 19.4 Å². The topological polar surface area (TPSA) is 110 Å². The molecule has 0 fully saturated rings. The summed E-state index contributed by atoms with van der Waals surface area (Å²) in [5.41, 5.74) is 6.30. The number of carbonyl (C=O) groups is 2. The molecule has 0 saturated heterocycles. The maximum atomic E-state index is 13.0. The highest BCUT2D eigenvalue weighted by Gasteiger charge is 2.24. The smallest absolute Gasteiger partial charge is 0.304 e. The second-order valence-corrected chi connectivity index (χ2v) is 9.43. The Morgan fingerprint density at radius 3 is 2.73 bits per heavy atom. The fraction of sp³-hybridized carbons (Fsp3) is 0.321. The molecule has 0 aliphatic carbocycles. The van der Waals surface area contributed by atoms with Crippen LogP contribution in [0.5, 0.6) is 0 Å². The zero-order valence-electron chi connectivity index (χ0n) is 20.9. The number of ether oxygens (including phenoxy) is 1. The molecule has 1 amide bonds. The molecule has 4 aliphatic rings. The van der Waals surface area contributed by atoms with Crippen LogP contribution in [-0.4, -0.2) is 55.5 Å². The monoisotopic (exact) mass is 499 g/mol. The van der Waals surface area contributed by atoms with E-state index in [9.17, 15) is 14.7 Å². The van der Waals surface area contributed by atoms with Crippen molar-refractivity contribution >= 4 is 22.9 Å². The van der Waals surface area contributed by atoms with Gasteiger partial charge in [-0.15, -0.1) is 5.10 Å². The zero-order chi connectivity index (χ0) is 25.9. The van der Waals surface area contributed by atoms with Gasteiger partial charge in [0, 0.05) is 37.4 Å². The van der Waals surface area contributed by atoms with Crippen molar-refractivity contribution in [2.45, 2.75) is 45.4 Å². The molecule has 0 radical (unpaired) electrons. The lowest BCUT2D eigenvalue weighted by Crippen LogP contribution is -2.27. The van der Waals surface area contributed by atoms with Gasteiger partial charge in [0.25, 0.3) is 5.91 Å². The Hall–Kier alpha value is -4.11. The summed E-state index contributed by atoms with van der Waals surface area (Å²) in [5.74, 6) is -1.50. The molecule has 9 heteroatoms. The van der Waals surface area contributed by atoms with Crippen molar-refractivity contribution in [2.24, 2.45) is 0 Å². The van der Waals surface area contributed by atoms with E-state index in [-0.39, 0.29) is 12.3 Å². The number of nitrogens with zero attached hydrogens (tertiary/aromatic N) is 5. The maximum absolute atomic E-state index is 13.0. The zero-order valence-corrected chi connectivity index (χ0v) is 20.9. The number of aliphatic carboxylic acids is 1. The number of benzene rings is 2. The minimum absolute atomic E-state index is 0.115. The predicted molar refractivity (Wildman–Crippen MR) is 137 cm³/mol. The van der Waals surface area contributed by atoms with Gasteiger partial charge in [-0.3, -0.25) is 14.6 Å². The lowest BCUT2D eigenvalue weighted by molar-refractivity contribution is -0.137. The normalized spacial score (nSPS) is 16.9. The molecule has 0 spiro atoms. The number of hydrogen-bond donors (Lipinski definition) is 1. The highest BCUT2D eigenvalue weighted by atomic mass is 16.5. The van der Waals surface area contributed by atoms with Crippen molar-refractivity contribution in [3.63, 3.8) is 0 Å². The largest absolute Gasteiger partial charge is 0.481 e. The molecule has 190 valence electrons. The van der Waals surface area contributed by atoms with E-state index in [0.29, 0.717) is 43.3 Å². The Kier molecular flexibility index (Phi) is 6.96. The van der Waals surface area contributed by atoms with Gasteiger partial charge in [-0.2, -0.15) is 0 Å². The third kappa shape index (κ3) is 5.22. The van der Waals surface area contributed by atoms with Gasteiger partial charge in [-0.1, -0.05) is 29.5 Å². The van der Waals surface area contributed by atoms with E-state index in [1.54, 1.807) is 11.9 Å². The Balaban J connectivity index is 1.57. The highest BCUT2D eigenvalue weighted by Crippen LogP contribution is 2.33. The van der Waals surface area contributed by atoms with Crippen LogP contribution in [0, 0.1) is 6.92 Å². The van der Waals surface area contributed by atoms with Gasteiger partial charge in [0.15, 0.2) is 0 Å². The van der Waals surface area contributed by atoms with Crippen LogP contribution in [0.1, 0.15) is 57.2 Å². The fourth-order valence-corrected chi connectivity index (χ4v) is 4.84. The molecule has 1 N–H and O–H groups in total. The van der Waals surface area contributed by atoms with Crippen LogP contribution < -0.4 is 0 Å². The van der Waals surface area contributed by atoms with Crippen LogP contribution in [0.15, 0.2) is 54.6 Å². The molecule has 2 aromatic carbocycles. The number of carboxylic acid groups (broad SMARTS) is 1. The van der Waals surface area contributed by atoms with Crippen LogP contribution in [0.2, 0.25) is 0 Å². The Bertz CT molecular complexity index is 1450. The maximum Gasteiger partial charge on any atom is 0.304 e. The molecular formula is C28H29N5O4. The number of hydrogen-bond acceptors (Lipinski definition) is 6. The molecule has 2 aromatic heterocycles. The van der Waals surface area contributed by atoms with Gasteiger partial charge in [0.2, 0.25) is 0 Å². The summed E-state index contributed by atoms with van der Waals surface area (Å²) < 4.78 is 7.70. The number of rotatable bonds is 2. The average molecular weight is 500 g/mol. The van der Waals surface area contributed by atoms with E-state index in [1.165, 1.54) is 0 Å². The fourth-order valence-electron chi connectivity index (χ4n) is 4.84. The summed E-state index contributed by atoms with van der Waals surface area (Å²) in [7, 11) is 1.74. The number of amides is 1. The lowest BCUT2D eigenvalue weighted by atomic mass is 9.88. The van der Waals surface area contributed by atoms with Gasteiger partial charge in [0.05, 0.1) is 30.8 Å². The predicted octanol–water partition coefficient (Wildman–Crippen LogP) is 3.93. The van der Waals surface area contributed by atoms with Crippen molar-refractivity contribution in [3.05, 3.63) is 88.2 Å². The van der Waals surface area contributed by atoms with Crippen molar-refractivity contribution in [3.8, 4) is 0 Å². The quantitative estimate of drug-likeness (QED) is 0.445. The van der Waals surface area contributed by atoms with E-state index < -0.39 is 11.9 Å². The second-order valence-electron chi connectivity index (χ2n) is 9.43. The van der Waals surface area contributed by atoms with E-state index in [2.05, 4.69) is 10.3 Å². The standard InChI is InChI=1S/C28H29N5O4/c1-18-22-11-12-25-27(18)30-31-33(25)13-4-14-37-17-19-7-9-20(10-8-19)28(36)32(2)16-21-5-3-6-24(29-21)23(22)15-26(34)35/h3,5-12,23H,4,13-17H2,1-2H3,(H,34,35)/t23-/m0/s1. The van der Waals surface area contributed by atoms with Crippen molar-refractivity contribution in [1.82, 2.24) is 24.9 Å². The van der Waals surface area contributed by atoms with E-state index in [4.69, 9.17) is 9.72 Å². The number of pyridine rings is 1. The molecule has 37 heavy (non-hydrogen) atoms. The number of carboxylic acids is 1. The SMILES string of the molecule is Cc1c2ccc3c1nnn3CCCOCc1ccc(cc1)C(=O)N(C)Cc1cccc(n1)[C@H]2CC(=O)O. The molecular weight excluding hydrogens is 470 g/mol. The first kappa shape index (κ1) is 24.6. The van der Waals surface area contributed by atoms with Crippen LogP contribution >= 0.6 is 0 Å². The molecule has 0 unspecified atom stereocenters. The molecule has 8 rings (SSSR count). The Labute approximate surface area is 214 Å². The summed E-state index contributed by atoms with van der Waals surface area (Å²) in [5, 5.41) is 18.5. The summed E-state index contributed by atoms with van der Waals surface area (Å²) in [6, 6.07) is 16.9. The van der Waals surface area contributed by atoms with Gasteiger partial charge in [-0.05, 0) is 60.4 Å². The molecule has 4 aromatic rings. The minimum Gasteiger partial charge on any atom is -0.481 e. The molecule has 4 aliphatic heterocycles. The van der Waals surface area contributed by atoms with Gasteiger partial charge in [-0.25, -0.2) is 4.68 Å². The number of aryl methyl sites for hydroxylation is 2. The van der Waals surface area contributed by atoms with E-state index in [0.717, 1.165) is 34.1 Å². The molecule has 1 atom stereocenters. The first-order chi connectivity index (χ1) is 17.9. The first-order valence-corrected chi connectivity index (χ1v) is 12.3. The Morgan fingerprint density at radius 2 is 1.95 bits per heavy atom. The number of aromatic nitrogens is 4. The van der Waals surface area contributed by atoms with Crippen molar-refractivity contribution in [2.75, 3.05) is 13.7 Å².